The van der Waals surface area contributed by atoms with Gasteiger partial charge in [-0.15, -0.1) is 11.8 Å². The van der Waals surface area contributed by atoms with E-state index in [9.17, 15) is 10.1 Å². The van der Waals surface area contributed by atoms with Crippen LogP contribution in [0.25, 0.3) is 11.0 Å². The lowest BCUT2D eigenvalue weighted by molar-refractivity contribution is -0.383. The summed E-state index contributed by atoms with van der Waals surface area (Å²) in [7, 11) is 0. The van der Waals surface area contributed by atoms with Gasteiger partial charge in [0.2, 0.25) is 5.52 Å². The molecule has 0 radical (unpaired) electrons. The number of aliphatic hydroxyl groups is 1. The van der Waals surface area contributed by atoms with Gasteiger partial charge in [0.25, 0.3) is 0 Å². The highest BCUT2D eigenvalue weighted by atomic mass is 32.2. The highest BCUT2D eigenvalue weighted by molar-refractivity contribution is 7.99. The van der Waals surface area contributed by atoms with Crippen molar-refractivity contribution in [1.82, 2.24) is 10.3 Å². The topological polar surface area (TPSA) is 102 Å². The first-order chi connectivity index (χ1) is 10.7. The third kappa shape index (κ3) is 4.41. The zero-order valence-corrected chi connectivity index (χ0v) is 13.0. The van der Waals surface area contributed by atoms with Gasteiger partial charge in [0, 0.05) is 17.6 Å². The van der Waals surface area contributed by atoms with E-state index >= 15 is 0 Å². The number of hydrogen-bond acceptors (Lipinski definition) is 7. The van der Waals surface area contributed by atoms with E-state index in [4.69, 9.17) is 5.11 Å². The molecule has 2 aromatic rings. The van der Waals surface area contributed by atoms with E-state index in [1.54, 1.807) is 17.8 Å². The van der Waals surface area contributed by atoms with Crippen LogP contribution in [0.5, 0.6) is 0 Å². The van der Waals surface area contributed by atoms with E-state index < -0.39 is 4.92 Å². The molecule has 1 N–H and O–H groups in total. The second-order valence-electron chi connectivity index (χ2n) is 4.99. The predicted octanol–water partition coefficient (Wildman–Crippen LogP) is 3.56. The standard InChI is InChI=1S/C14H19N3O4S/c18-9-5-3-1-2-4-6-10-22-12-8-7-11(17(19)20)13-14(12)16-21-15-13/h7-8,18H,1-6,9-10H2. The molecule has 0 bridgehead atoms. The van der Waals surface area contributed by atoms with Crippen LogP contribution >= 0.6 is 11.8 Å². The summed E-state index contributed by atoms with van der Waals surface area (Å²) in [6, 6.07) is 3.15. The fourth-order valence-corrected chi connectivity index (χ4v) is 3.20. The molecule has 0 aliphatic carbocycles. The number of nitrogens with zero attached hydrogens (tertiary/aromatic N) is 3. The van der Waals surface area contributed by atoms with Crippen molar-refractivity contribution in [3.05, 3.63) is 22.2 Å². The van der Waals surface area contributed by atoms with Crippen molar-refractivity contribution in [3.8, 4) is 0 Å². The lowest BCUT2D eigenvalue weighted by atomic mass is 10.1. The fraction of sp³-hybridized carbons (Fsp3) is 0.571. The molecule has 0 aliphatic rings. The Morgan fingerprint density at radius 1 is 1.09 bits per heavy atom. The normalized spacial score (nSPS) is 11.1. The molecule has 0 amide bonds. The van der Waals surface area contributed by atoms with E-state index in [2.05, 4.69) is 14.9 Å². The Kier molecular flexibility index (Phi) is 6.60. The van der Waals surface area contributed by atoms with E-state index in [0.717, 1.165) is 42.8 Å². The van der Waals surface area contributed by atoms with Gasteiger partial charge in [-0.1, -0.05) is 25.7 Å². The maximum atomic E-state index is 10.9. The highest BCUT2D eigenvalue weighted by Crippen LogP contribution is 2.32. The van der Waals surface area contributed by atoms with Gasteiger partial charge >= 0.3 is 5.69 Å². The Morgan fingerprint density at radius 3 is 2.50 bits per heavy atom. The lowest BCUT2D eigenvalue weighted by Crippen LogP contribution is -1.91. The minimum atomic E-state index is -0.479. The van der Waals surface area contributed by atoms with E-state index in [0.29, 0.717) is 5.52 Å². The van der Waals surface area contributed by atoms with Gasteiger partial charge in [-0.3, -0.25) is 10.1 Å². The summed E-state index contributed by atoms with van der Waals surface area (Å²) in [5.74, 6) is 0.930. The molecular formula is C14H19N3O4S. The number of nitro groups is 1. The molecule has 0 saturated carbocycles. The van der Waals surface area contributed by atoms with Gasteiger partial charge in [-0.05, 0) is 35.0 Å². The summed E-state index contributed by atoms with van der Waals surface area (Å²) < 4.78 is 4.64. The van der Waals surface area contributed by atoms with Crippen LogP contribution in [-0.2, 0) is 0 Å². The second-order valence-corrected chi connectivity index (χ2v) is 6.13. The van der Waals surface area contributed by atoms with Crippen LogP contribution in [0.3, 0.4) is 0 Å². The molecule has 0 spiro atoms. The summed E-state index contributed by atoms with van der Waals surface area (Å²) in [5.41, 5.74) is 0.589. The molecule has 7 nitrogen and oxygen atoms in total. The second kappa shape index (κ2) is 8.70. The van der Waals surface area contributed by atoms with Gasteiger partial charge in [0.05, 0.1) is 4.92 Å². The summed E-state index contributed by atoms with van der Waals surface area (Å²) in [6.45, 7) is 0.276. The molecule has 2 rings (SSSR count). The molecule has 22 heavy (non-hydrogen) atoms. The van der Waals surface area contributed by atoms with Crippen molar-refractivity contribution in [2.75, 3.05) is 12.4 Å². The summed E-state index contributed by atoms with van der Waals surface area (Å²) in [5, 5.41) is 27.0. The van der Waals surface area contributed by atoms with Crippen LogP contribution < -0.4 is 0 Å². The van der Waals surface area contributed by atoms with Gasteiger partial charge in [0.15, 0.2) is 5.52 Å². The smallest absolute Gasteiger partial charge is 0.300 e. The van der Waals surface area contributed by atoms with Crippen LogP contribution in [0.2, 0.25) is 0 Å². The molecule has 1 aromatic carbocycles. The Bertz CT molecular complexity index is 617. The Labute approximate surface area is 132 Å². The number of fused-ring (bicyclic) bond motifs is 1. The number of hydrogen-bond donors (Lipinski definition) is 1. The van der Waals surface area contributed by atoms with Crippen molar-refractivity contribution in [2.45, 2.75) is 43.4 Å². The van der Waals surface area contributed by atoms with E-state index in [-0.39, 0.29) is 17.8 Å². The van der Waals surface area contributed by atoms with Crippen LogP contribution in [0.15, 0.2) is 21.7 Å². The maximum Gasteiger partial charge on any atom is 0.300 e. The lowest BCUT2D eigenvalue weighted by Gasteiger charge is -2.02. The number of nitro benzene ring substituents is 1. The molecular weight excluding hydrogens is 306 g/mol. The van der Waals surface area contributed by atoms with Crippen molar-refractivity contribution in [3.63, 3.8) is 0 Å². The van der Waals surface area contributed by atoms with E-state index in [1.807, 2.05) is 0 Å². The molecule has 0 atom stereocenters. The van der Waals surface area contributed by atoms with Gasteiger partial charge in [-0.25, -0.2) is 4.63 Å². The molecule has 1 aromatic heterocycles. The van der Waals surface area contributed by atoms with Crippen molar-refractivity contribution >= 4 is 28.5 Å². The van der Waals surface area contributed by atoms with Gasteiger partial charge < -0.3 is 5.11 Å². The zero-order chi connectivity index (χ0) is 15.8. The molecule has 120 valence electrons. The number of thioether (sulfide) groups is 1. The quantitative estimate of drug-likeness (QED) is 0.308. The van der Waals surface area contributed by atoms with Crippen molar-refractivity contribution in [1.29, 1.82) is 0 Å². The Hall–Kier alpha value is -1.67. The fourth-order valence-electron chi connectivity index (χ4n) is 2.20. The SMILES string of the molecule is O=[N+]([O-])c1ccc(SCCCCCCCCO)c2nonc12. The van der Waals surface area contributed by atoms with Gasteiger partial charge in [0.1, 0.15) is 0 Å². The highest BCUT2D eigenvalue weighted by Gasteiger charge is 2.19. The molecule has 0 fully saturated rings. The molecule has 0 unspecified atom stereocenters. The zero-order valence-electron chi connectivity index (χ0n) is 12.2. The van der Waals surface area contributed by atoms with Gasteiger partial charge in [-0.2, -0.15) is 0 Å². The third-order valence-corrected chi connectivity index (χ3v) is 4.50. The monoisotopic (exact) mass is 325 g/mol. The first-order valence-corrected chi connectivity index (χ1v) is 8.36. The first kappa shape index (κ1) is 16.7. The molecule has 1 heterocycles. The number of rotatable bonds is 10. The molecule has 0 saturated heterocycles. The van der Waals surface area contributed by atoms with Crippen LogP contribution in [-0.4, -0.2) is 32.7 Å². The number of aliphatic hydroxyl groups excluding tert-OH is 1. The summed E-state index contributed by atoms with van der Waals surface area (Å²) >= 11 is 1.62. The Morgan fingerprint density at radius 2 is 1.77 bits per heavy atom. The number of aromatic nitrogens is 2. The van der Waals surface area contributed by atoms with Crippen LogP contribution in [0.4, 0.5) is 5.69 Å². The molecule has 0 aliphatic heterocycles. The largest absolute Gasteiger partial charge is 0.396 e. The van der Waals surface area contributed by atoms with E-state index in [1.165, 1.54) is 12.5 Å². The molecule has 8 heteroatoms. The van der Waals surface area contributed by atoms with Crippen LogP contribution in [0, 0.1) is 10.1 Å². The number of non-ortho nitro benzene ring substituents is 1. The minimum Gasteiger partial charge on any atom is -0.396 e. The number of benzene rings is 1. The van der Waals surface area contributed by atoms with Crippen LogP contribution in [0.1, 0.15) is 38.5 Å². The Balaban J connectivity index is 1.81. The third-order valence-electron chi connectivity index (χ3n) is 3.36. The summed E-state index contributed by atoms with van der Waals surface area (Å²) in [4.78, 5) is 11.3. The maximum absolute atomic E-state index is 10.9. The number of unbranched alkanes of at least 4 members (excludes halogenated alkanes) is 5. The summed E-state index contributed by atoms with van der Waals surface area (Å²) in [6.07, 6.45) is 6.51. The average Bonchev–Trinajstić information content (AvgIpc) is 2.99. The minimum absolute atomic E-state index is 0.0792. The first-order valence-electron chi connectivity index (χ1n) is 7.37. The van der Waals surface area contributed by atoms with Crippen molar-refractivity contribution in [2.24, 2.45) is 0 Å². The average molecular weight is 325 g/mol. The van der Waals surface area contributed by atoms with Crippen molar-refractivity contribution < 1.29 is 14.7 Å². The predicted molar refractivity (Wildman–Crippen MR) is 84.0 cm³/mol.